The molecule has 0 aliphatic carbocycles. The number of amides is 1. The molecule has 1 atom stereocenters. The van der Waals surface area contributed by atoms with Gasteiger partial charge in [0, 0.05) is 18.1 Å². The van der Waals surface area contributed by atoms with Crippen molar-refractivity contribution < 1.29 is 36.6 Å². The van der Waals surface area contributed by atoms with Gasteiger partial charge in [0.2, 0.25) is 10.0 Å². The monoisotopic (exact) mass is 379 g/mol. The van der Waals surface area contributed by atoms with Crippen molar-refractivity contribution in [1.82, 2.24) is 4.72 Å². The summed E-state index contributed by atoms with van der Waals surface area (Å²) in [4.78, 5) is 11.6. The van der Waals surface area contributed by atoms with Crippen molar-refractivity contribution in [3.63, 3.8) is 0 Å². The summed E-state index contributed by atoms with van der Waals surface area (Å²) in [5, 5.41) is 10.7. The molecule has 1 aliphatic heterocycles. The lowest BCUT2D eigenvalue weighted by atomic mass is 9.90. The van der Waals surface area contributed by atoms with Crippen molar-refractivity contribution in [1.29, 1.82) is 0 Å². The molecule has 2 rings (SSSR count). The smallest absolute Gasteiger partial charge is 0.421 e. The Morgan fingerprint density at radius 2 is 1.96 bits per heavy atom. The fourth-order valence-electron chi connectivity index (χ4n) is 2.40. The summed E-state index contributed by atoms with van der Waals surface area (Å²) in [6.45, 7) is 4.56. The van der Waals surface area contributed by atoms with E-state index < -0.39 is 44.7 Å². The molecule has 25 heavy (non-hydrogen) atoms. The first-order chi connectivity index (χ1) is 11.3. The van der Waals surface area contributed by atoms with Crippen LogP contribution in [0.4, 0.5) is 13.6 Å². The minimum Gasteiger partial charge on any atom is -0.493 e. The van der Waals surface area contributed by atoms with E-state index in [4.69, 9.17) is 9.47 Å². The van der Waals surface area contributed by atoms with Gasteiger partial charge in [-0.25, -0.2) is 26.7 Å². The molecule has 140 valence electrons. The molecule has 2 N–H and O–H groups in total. The van der Waals surface area contributed by atoms with Crippen molar-refractivity contribution in [2.45, 2.75) is 38.4 Å². The zero-order chi connectivity index (χ0) is 19.0. The summed E-state index contributed by atoms with van der Waals surface area (Å²) in [6.07, 6.45) is -1.38. The Morgan fingerprint density at radius 3 is 2.56 bits per heavy atom. The Kier molecular flexibility index (Phi) is 4.97. The van der Waals surface area contributed by atoms with Crippen LogP contribution in [0.2, 0.25) is 0 Å². The number of halogens is 2. The van der Waals surface area contributed by atoms with Crippen molar-refractivity contribution in [3.8, 4) is 5.75 Å². The maximum Gasteiger partial charge on any atom is 0.421 e. The number of fused-ring (bicyclic) bond motifs is 1. The Balaban J connectivity index is 2.25. The van der Waals surface area contributed by atoms with Gasteiger partial charge in [0.25, 0.3) is 0 Å². The quantitative estimate of drug-likeness (QED) is 0.830. The molecule has 10 heteroatoms. The van der Waals surface area contributed by atoms with Crippen LogP contribution < -0.4 is 9.46 Å². The summed E-state index contributed by atoms with van der Waals surface area (Å²) in [5.41, 5.74) is -3.16. The number of aliphatic hydroxyl groups is 1. The van der Waals surface area contributed by atoms with Crippen LogP contribution in [0, 0.1) is 11.6 Å². The van der Waals surface area contributed by atoms with Crippen LogP contribution in [0.15, 0.2) is 12.1 Å². The number of nitrogens with one attached hydrogen (secondary N) is 1. The van der Waals surface area contributed by atoms with Crippen LogP contribution in [0.5, 0.6) is 5.75 Å². The Labute approximate surface area is 144 Å². The summed E-state index contributed by atoms with van der Waals surface area (Å²) >= 11 is 0. The number of hydrogen-bond donors (Lipinski definition) is 2. The van der Waals surface area contributed by atoms with Crippen molar-refractivity contribution in [2.24, 2.45) is 0 Å². The number of sulfonamides is 1. The fourth-order valence-corrected chi connectivity index (χ4v) is 3.70. The van der Waals surface area contributed by atoms with Crippen molar-refractivity contribution in [2.75, 3.05) is 12.4 Å². The van der Waals surface area contributed by atoms with Crippen LogP contribution >= 0.6 is 0 Å². The van der Waals surface area contributed by atoms with Gasteiger partial charge in [-0.2, -0.15) is 0 Å². The van der Waals surface area contributed by atoms with E-state index in [1.54, 1.807) is 25.5 Å². The van der Waals surface area contributed by atoms with Crippen LogP contribution in [0.1, 0.15) is 32.8 Å². The van der Waals surface area contributed by atoms with Crippen LogP contribution in [-0.4, -0.2) is 37.6 Å². The minimum atomic E-state index is -4.32. The van der Waals surface area contributed by atoms with E-state index in [9.17, 15) is 27.1 Å². The number of hydrogen-bond acceptors (Lipinski definition) is 6. The van der Waals surface area contributed by atoms with E-state index >= 15 is 0 Å². The molecule has 0 spiro atoms. The number of carbonyl (C=O) groups is 1. The maximum atomic E-state index is 13.5. The van der Waals surface area contributed by atoms with Gasteiger partial charge in [-0.3, -0.25) is 0 Å². The van der Waals surface area contributed by atoms with Gasteiger partial charge in [-0.05, 0) is 26.8 Å². The molecule has 1 heterocycles. The normalized spacial score (nSPS) is 20.4. The number of ether oxygens (including phenoxy) is 2. The van der Waals surface area contributed by atoms with Gasteiger partial charge < -0.3 is 14.6 Å². The first-order valence-electron chi connectivity index (χ1n) is 7.39. The van der Waals surface area contributed by atoms with Crippen LogP contribution in [-0.2, 0) is 20.4 Å². The fraction of sp³-hybridized carbons (Fsp3) is 0.533. The molecule has 0 fully saturated rings. The molecule has 0 saturated heterocycles. The minimum absolute atomic E-state index is 0.101. The molecule has 0 aromatic heterocycles. The Bertz CT molecular complexity index is 790. The predicted molar refractivity (Wildman–Crippen MR) is 83.5 cm³/mol. The lowest BCUT2D eigenvalue weighted by Crippen LogP contribution is -2.45. The molecule has 0 bridgehead atoms. The molecule has 7 nitrogen and oxygen atoms in total. The third-order valence-electron chi connectivity index (χ3n) is 3.36. The maximum absolute atomic E-state index is 13.5. The molecular weight excluding hydrogens is 360 g/mol. The zero-order valence-electron chi connectivity index (χ0n) is 13.9. The number of benzene rings is 1. The predicted octanol–water partition coefficient (Wildman–Crippen LogP) is 1.79. The number of carbonyl (C=O) groups excluding carboxylic acids is 1. The van der Waals surface area contributed by atoms with E-state index in [2.05, 4.69) is 0 Å². The number of rotatable bonds is 3. The first kappa shape index (κ1) is 19.4. The lowest BCUT2D eigenvalue weighted by Gasteiger charge is -2.34. The molecule has 0 saturated carbocycles. The van der Waals surface area contributed by atoms with E-state index in [0.717, 1.165) is 6.07 Å². The third-order valence-corrected chi connectivity index (χ3v) is 4.70. The molecule has 1 aromatic carbocycles. The molecule has 1 amide bonds. The Morgan fingerprint density at radius 1 is 1.36 bits per heavy atom. The second-order valence-electron chi connectivity index (χ2n) is 6.76. The van der Waals surface area contributed by atoms with Gasteiger partial charge in [-0.15, -0.1) is 0 Å². The highest BCUT2D eigenvalue weighted by molar-refractivity contribution is 7.90. The molecular formula is C15H19F2NO6S. The van der Waals surface area contributed by atoms with Gasteiger partial charge in [0.05, 0.1) is 6.61 Å². The van der Waals surface area contributed by atoms with Crippen molar-refractivity contribution in [3.05, 3.63) is 29.3 Å². The lowest BCUT2D eigenvalue weighted by molar-refractivity contribution is 0.0169. The SMILES string of the molecule is CC(C)(C)OC(=O)NS(=O)(=O)CC1(O)CCOc2cc(F)c(F)cc21. The molecule has 1 aliphatic rings. The van der Waals surface area contributed by atoms with Gasteiger partial charge >= 0.3 is 6.09 Å². The molecule has 0 radical (unpaired) electrons. The molecule has 1 aromatic rings. The van der Waals surface area contributed by atoms with E-state index in [1.807, 2.05) is 0 Å². The highest BCUT2D eigenvalue weighted by Gasteiger charge is 2.41. The second kappa shape index (κ2) is 6.41. The van der Waals surface area contributed by atoms with Crippen molar-refractivity contribution >= 4 is 16.1 Å². The summed E-state index contributed by atoms with van der Waals surface area (Å²) in [7, 11) is -4.32. The van der Waals surface area contributed by atoms with E-state index in [1.165, 1.54) is 0 Å². The highest BCUT2D eigenvalue weighted by atomic mass is 32.2. The molecule has 1 unspecified atom stereocenters. The standard InChI is InChI=1S/C15H19F2NO6S/c1-14(2,3)24-13(19)18-25(21,22)8-15(20)4-5-23-12-7-11(17)10(16)6-9(12)15/h6-7,20H,4-5,8H2,1-3H3,(H,18,19). The van der Waals surface area contributed by atoms with Gasteiger partial charge in [0.1, 0.15) is 22.7 Å². The van der Waals surface area contributed by atoms with E-state index in [0.29, 0.717) is 6.07 Å². The first-order valence-corrected chi connectivity index (χ1v) is 9.05. The average molecular weight is 379 g/mol. The van der Waals surface area contributed by atoms with Crippen LogP contribution in [0.25, 0.3) is 0 Å². The largest absolute Gasteiger partial charge is 0.493 e. The average Bonchev–Trinajstić information content (AvgIpc) is 2.37. The van der Waals surface area contributed by atoms with Gasteiger partial charge in [0.15, 0.2) is 11.6 Å². The summed E-state index contributed by atoms with van der Waals surface area (Å²) in [6, 6.07) is 1.43. The van der Waals surface area contributed by atoms with Crippen LogP contribution in [0.3, 0.4) is 0 Å². The summed E-state index contributed by atoms with van der Waals surface area (Å²) in [5.74, 6) is -3.53. The highest BCUT2D eigenvalue weighted by Crippen LogP contribution is 2.39. The third kappa shape index (κ3) is 4.79. The summed E-state index contributed by atoms with van der Waals surface area (Å²) < 4.78 is 62.8. The van der Waals surface area contributed by atoms with E-state index in [-0.39, 0.29) is 24.3 Å². The van der Waals surface area contributed by atoms with Gasteiger partial charge in [-0.1, -0.05) is 0 Å². The zero-order valence-corrected chi connectivity index (χ0v) is 14.7. The second-order valence-corrected chi connectivity index (χ2v) is 8.48. The topological polar surface area (TPSA) is 102 Å². The Hall–Kier alpha value is -1.94.